The molecule has 0 N–H and O–H groups in total. The van der Waals surface area contributed by atoms with E-state index in [1.54, 1.807) is 47.6 Å². The zero-order valence-corrected chi connectivity index (χ0v) is 23.6. The van der Waals surface area contributed by atoms with Gasteiger partial charge in [-0.25, -0.2) is 13.2 Å². The van der Waals surface area contributed by atoms with Crippen LogP contribution in [0.15, 0.2) is 86.2 Å². The Bertz CT molecular complexity index is 1580. The number of hydrogen-bond acceptors (Lipinski definition) is 3. The lowest BCUT2D eigenvalue weighted by Crippen LogP contribution is -2.12. The van der Waals surface area contributed by atoms with E-state index in [1.165, 1.54) is 36.4 Å². The molecule has 0 amide bonds. The van der Waals surface area contributed by atoms with Gasteiger partial charge >= 0.3 is 0 Å². The molecule has 0 saturated carbocycles. The maximum absolute atomic E-state index is 14.1. The number of carbonyl (C=O) groups is 1. The van der Waals surface area contributed by atoms with Crippen LogP contribution < -0.4 is 5.43 Å². The van der Waals surface area contributed by atoms with Gasteiger partial charge in [0, 0.05) is 58.0 Å². The third kappa shape index (κ3) is 6.78. The van der Waals surface area contributed by atoms with Gasteiger partial charge in [0.2, 0.25) is 0 Å². The maximum atomic E-state index is 14.1. The molecule has 0 fully saturated rings. The number of hydrogen-bond donors (Lipinski definition) is 0. The fourth-order valence-electron chi connectivity index (χ4n) is 3.49. The van der Waals surface area contributed by atoms with Crippen LogP contribution in [-0.4, -0.2) is 29.3 Å². The fraction of sp³-hybridized carbons (Fsp3) is 0.143. The summed E-state index contributed by atoms with van der Waals surface area (Å²) >= 11 is 6.49. The molecule has 1 aromatic heterocycles. The number of fused-ring (bicyclic) bond motifs is 1. The summed E-state index contributed by atoms with van der Waals surface area (Å²) in [6.07, 6.45) is 1.42. The standard InChI is InChI=1S/C16H10BrF2NO.C12H13BrFNO/c1-9-6-16(21)12-4-2-10(17)7-15(12)20(9)14-5-3-11(18)8-13(14)19;1-8(15(2)3)6-12(16)10-5-4-9(13)7-11(10)14/h2-8H,1H3;4-7H,1-3H3/b;8-6+. The molecule has 0 atom stereocenters. The summed E-state index contributed by atoms with van der Waals surface area (Å²) in [7, 11) is 3.66. The Morgan fingerprint density at radius 3 is 2.16 bits per heavy atom. The van der Waals surface area contributed by atoms with Crippen molar-refractivity contribution in [3.05, 3.63) is 120 Å². The first kappa shape index (κ1) is 28.4. The Morgan fingerprint density at radius 2 is 1.54 bits per heavy atom. The minimum atomic E-state index is -0.678. The van der Waals surface area contributed by atoms with E-state index < -0.39 is 17.5 Å². The van der Waals surface area contributed by atoms with E-state index in [0.29, 0.717) is 21.1 Å². The van der Waals surface area contributed by atoms with Crippen molar-refractivity contribution in [1.29, 1.82) is 0 Å². The topological polar surface area (TPSA) is 42.3 Å². The average Bonchev–Trinajstić information content (AvgIpc) is 2.80. The highest BCUT2D eigenvalue weighted by Gasteiger charge is 2.13. The molecule has 0 aliphatic rings. The van der Waals surface area contributed by atoms with E-state index in [-0.39, 0.29) is 22.5 Å². The van der Waals surface area contributed by atoms with Crippen LogP contribution in [0.3, 0.4) is 0 Å². The summed E-state index contributed by atoms with van der Waals surface area (Å²) in [6.45, 7) is 3.51. The molecule has 1 heterocycles. The van der Waals surface area contributed by atoms with Gasteiger partial charge in [0.1, 0.15) is 17.5 Å². The molecule has 3 aromatic carbocycles. The molecule has 0 unspecified atom stereocenters. The molecule has 9 heteroatoms. The van der Waals surface area contributed by atoms with Crippen LogP contribution in [0, 0.1) is 24.4 Å². The Morgan fingerprint density at radius 1 is 0.892 bits per heavy atom. The van der Waals surface area contributed by atoms with E-state index in [4.69, 9.17) is 0 Å². The minimum Gasteiger partial charge on any atom is -0.381 e. The van der Waals surface area contributed by atoms with E-state index >= 15 is 0 Å². The first-order chi connectivity index (χ1) is 17.4. The van der Waals surface area contributed by atoms with Gasteiger partial charge in [-0.05, 0) is 62.4 Å². The second-order valence-electron chi connectivity index (χ2n) is 8.41. The highest BCUT2D eigenvalue weighted by atomic mass is 79.9. The van der Waals surface area contributed by atoms with E-state index in [0.717, 1.165) is 16.2 Å². The van der Waals surface area contributed by atoms with Crippen molar-refractivity contribution in [3.8, 4) is 5.69 Å². The van der Waals surface area contributed by atoms with Crippen molar-refractivity contribution in [1.82, 2.24) is 9.47 Å². The highest BCUT2D eigenvalue weighted by Crippen LogP contribution is 2.24. The molecule has 4 nitrogen and oxygen atoms in total. The van der Waals surface area contributed by atoms with Crippen LogP contribution in [0.25, 0.3) is 16.6 Å². The van der Waals surface area contributed by atoms with Crippen molar-refractivity contribution in [2.24, 2.45) is 0 Å². The van der Waals surface area contributed by atoms with Gasteiger partial charge in [-0.3, -0.25) is 9.59 Å². The molecular weight excluding hydrogens is 613 g/mol. The van der Waals surface area contributed by atoms with Crippen LogP contribution in [-0.2, 0) is 0 Å². The third-order valence-corrected chi connectivity index (χ3v) is 6.54. The molecule has 0 spiro atoms. The lowest BCUT2D eigenvalue weighted by Gasteiger charge is -2.15. The molecule has 37 heavy (non-hydrogen) atoms. The monoisotopic (exact) mass is 634 g/mol. The number of carbonyl (C=O) groups excluding carboxylic acids is 1. The zero-order chi connectivity index (χ0) is 27.4. The van der Waals surface area contributed by atoms with Gasteiger partial charge < -0.3 is 9.47 Å². The molecule has 0 bridgehead atoms. The minimum absolute atomic E-state index is 0.0874. The normalized spacial score (nSPS) is 11.2. The molecule has 0 radical (unpaired) electrons. The van der Waals surface area contributed by atoms with Gasteiger partial charge in [0.25, 0.3) is 0 Å². The van der Waals surface area contributed by atoms with Gasteiger partial charge in [0.05, 0.1) is 16.8 Å². The summed E-state index contributed by atoms with van der Waals surface area (Å²) in [5.41, 5.74) is 2.10. The molecule has 192 valence electrons. The van der Waals surface area contributed by atoms with E-state index in [1.807, 2.05) is 14.1 Å². The first-order valence-electron chi connectivity index (χ1n) is 11.0. The Labute approximate surface area is 229 Å². The quantitative estimate of drug-likeness (QED) is 0.172. The number of benzene rings is 3. The van der Waals surface area contributed by atoms with Crippen molar-refractivity contribution in [2.75, 3.05) is 14.1 Å². The summed E-state index contributed by atoms with van der Waals surface area (Å²) in [6, 6.07) is 14.4. The predicted molar refractivity (Wildman–Crippen MR) is 148 cm³/mol. The molecular formula is C28H23Br2F3N2O2. The SMILES string of the molecule is C/C(=C\C(=O)c1ccc(Br)cc1F)N(C)C.Cc1cc(=O)c2ccc(Br)cc2n1-c1ccc(F)cc1F. The van der Waals surface area contributed by atoms with Crippen LogP contribution in [0.2, 0.25) is 0 Å². The van der Waals surface area contributed by atoms with Crippen molar-refractivity contribution in [2.45, 2.75) is 13.8 Å². The predicted octanol–water partition coefficient (Wildman–Crippen LogP) is 7.58. The molecule has 0 aliphatic carbocycles. The number of nitrogens with zero attached hydrogens (tertiary/aromatic N) is 2. The summed E-state index contributed by atoms with van der Waals surface area (Å²) < 4.78 is 43.7. The van der Waals surface area contributed by atoms with E-state index in [2.05, 4.69) is 31.9 Å². The summed E-state index contributed by atoms with van der Waals surface area (Å²) in [4.78, 5) is 25.6. The number of aromatic nitrogens is 1. The van der Waals surface area contributed by atoms with Gasteiger partial charge in [-0.15, -0.1) is 0 Å². The number of halogens is 5. The van der Waals surface area contributed by atoms with Gasteiger partial charge in [-0.1, -0.05) is 31.9 Å². The molecule has 4 aromatic rings. The van der Waals surface area contributed by atoms with Gasteiger partial charge in [0.15, 0.2) is 11.2 Å². The summed E-state index contributed by atoms with van der Waals surface area (Å²) in [5, 5.41) is 0.479. The largest absolute Gasteiger partial charge is 0.381 e. The van der Waals surface area contributed by atoms with Crippen molar-refractivity contribution in [3.63, 3.8) is 0 Å². The maximum Gasteiger partial charge on any atom is 0.190 e. The third-order valence-electron chi connectivity index (χ3n) is 5.55. The number of rotatable bonds is 4. The smallest absolute Gasteiger partial charge is 0.190 e. The molecule has 0 saturated heterocycles. The summed E-state index contributed by atoms with van der Waals surface area (Å²) in [5.74, 6) is -2.15. The Balaban J connectivity index is 0.000000214. The highest BCUT2D eigenvalue weighted by molar-refractivity contribution is 9.10. The van der Waals surface area contributed by atoms with Crippen LogP contribution in [0.1, 0.15) is 23.0 Å². The van der Waals surface area contributed by atoms with Crippen LogP contribution in [0.5, 0.6) is 0 Å². The lowest BCUT2D eigenvalue weighted by molar-refractivity contribution is 0.104. The zero-order valence-electron chi connectivity index (χ0n) is 20.5. The Kier molecular flexibility index (Phi) is 9.15. The second kappa shape index (κ2) is 11.9. The first-order valence-corrected chi connectivity index (χ1v) is 12.6. The number of allylic oxidation sites excluding steroid dienone is 2. The number of aryl methyl sites for hydroxylation is 1. The van der Waals surface area contributed by atoms with Crippen molar-refractivity contribution < 1.29 is 18.0 Å². The van der Waals surface area contributed by atoms with Gasteiger partial charge in [-0.2, -0.15) is 0 Å². The Hall–Kier alpha value is -3.17. The van der Waals surface area contributed by atoms with Crippen molar-refractivity contribution >= 4 is 48.5 Å². The second-order valence-corrected chi connectivity index (χ2v) is 10.2. The lowest BCUT2D eigenvalue weighted by atomic mass is 10.1. The number of pyridine rings is 1. The van der Waals surface area contributed by atoms with Crippen LogP contribution in [0.4, 0.5) is 13.2 Å². The molecule has 4 rings (SSSR count). The van der Waals surface area contributed by atoms with Crippen LogP contribution >= 0.6 is 31.9 Å². The molecule has 0 aliphatic heterocycles. The van der Waals surface area contributed by atoms with E-state index in [9.17, 15) is 22.8 Å². The number of ketones is 1. The fourth-order valence-corrected chi connectivity index (χ4v) is 4.17. The average molecular weight is 636 g/mol.